The van der Waals surface area contributed by atoms with Crippen LogP contribution < -0.4 is 11.5 Å². The molecule has 4 heteroatoms. The summed E-state index contributed by atoms with van der Waals surface area (Å²) in [6.07, 6.45) is 1.83. The number of benzene rings is 1. The number of halogens is 1. The van der Waals surface area contributed by atoms with Crippen molar-refractivity contribution in [3.63, 3.8) is 0 Å². The first-order chi connectivity index (χ1) is 7.54. The van der Waals surface area contributed by atoms with Crippen molar-refractivity contribution < 1.29 is 4.39 Å². The molecular formula is C12H20FN3. The zero-order valence-corrected chi connectivity index (χ0v) is 9.96. The molecule has 16 heavy (non-hydrogen) atoms. The molecule has 0 unspecified atom stereocenters. The maximum Gasteiger partial charge on any atom is 0.148 e. The van der Waals surface area contributed by atoms with E-state index >= 15 is 0 Å². The van der Waals surface area contributed by atoms with Crippen LogP contribution in [-0.4, -0.2) is 25.0 Å². The molecule has 0 amide bonds. The van der Waals surface area contributed by atoms with Gasteiger partial charge in [-0.3, -0.25) is 0 Å². The van der Waals surface area contributed by atoms with Crippen molar-refractivity contribution in [2.75, 3.05) is 31.6 Å². The van der Waals surface area contributed by atoms with Crippen molar-refractivity contribution in [2.24, 2.45) is 0 Å². The van der Waals surface area contributed by atoms with Crippen molar-refractivity contribution in [3.8, 4) is 0 Å². The zero-order valence-electron chi connectivity index (χ0n) is 9.96. The second-order valence-corrected chi connectivity index (χ2v) is 4.07. The average molecular weight is 225 g/mol. The molecule has 0 radical (unpaired) electrons. The van der Waals surface area contributed by atoms with Gasteiger partial charge >= 0.3 is 0 Å². The van der Waals surface area contributed by atoms with E-state index in [0.717, 1.165) is 31.5 Å². The summed E-state index contributed by atoms with van der Waals surface area (Å²) >= 11 is 0. The minimum absolute atomic E-state index is 0.174. The molecule has 1 aromatic rings. The predicted octanol–water partition coefficient (Wildman–Crippen LogP) is 1.87. The van der Waals surface area contributed by atoms with Gasteiger partial charge in [0.25, 0.3) is 0 Å². The zero-order chi connectivity index (χ0) is 12.1. The van der Waals surface area contributed by atoms with Crippen LogP contribution in [0.3, 0.4) is 0 Å². The maximum atomic E-state index is 13.1. The molecule has 1 aromatic carbocycles. The third-order valence-corrected chi connectivity index (χ3v) is 2.78. The monoisotopic (exact) mass is 225 g/mol. The third-order valence-electron chi connectivity index (χ3n) is 2.78. The Labute approximate surface area is 96.2 Å². The molecule has 0 heterocycles. The van der Waals surface area contributed by atoms with Crippen molar-refractivity contribution in [2.45, 2.75) is 19.8 Å². The van der Waals surface area contributed by atoms with Gasteiger partial charge in [0.05, 0.1) is 5.69 Å². The van der Waals surface area contributed by atoms with Gasteiger partial charge in [0.1, 0.15) is 5.82 Å². The number of nitrogens with zero attached hydrogens (tertiary/aromatic N) is 1. The van der Waals surface area contributed by atoms with E-state index in [1.165, 1.54) is 6.07 Å². The van der Waals surface area contributed by atoms with Crippen LogP contribution in [-0.2, 0) is 6.42 Å². The molecule has 3 nitrogen and oxygen atoms in total. The van der Waals surface area contributed by atoms with Crippen LogP contribution in [0.25, 0.3) is 0 Å². The molecule has 0 bridgehead atoms. The number of nitrogens with two attached hydrogens (primary N) is 2. The lowest BCUT2D eigenvalue weighted by Gasteiger charge is -2.14. The molecule has 1 rings (SSSR count). The van der Waals surface area contributed by atoms with Crippen LogP contribution in [0, 0.1) is 5.82 Å². The molecule has 0 spiro atoms. The Morgan fingerprint density at radius 3 is 2.56 bits per heavy atom. The summed E-state index contributed by atoms with van der Waals surface area (Å²) in [5.41, 5.74) is 12.8. The van der Waals surface area contributed by atoms with Gasteiger partial charge in [0.2, 0.25) is 0 Å². The first-order valence-electron chi connectivity index (χ1n) is 5.56. The Hall–Kier alpha value is -1.29. The fraction of sp³-hybridized carbons (Fsp3) is 0.500. The fourth-order valence-corrected chi connectivity index (χ4v) is 1.57. The SMILES string of the molecule is CCN(C)CCCc1cc(N)c(F)cc1N. The van der Waals surface area contributed by atoms with Gasteiger partial charge in [-0.2, -0.15) is 0 Å². The number of hydrogen-bond donors (Lipinski definition) is 2. The first kappa shape index (κ1) is 12.8. The van der Waals surface area contributed by atoms with Crippen LogP contribution >= 0.6 is 0 Å². The van der Waals surface area contributed by atoms with Gasteiger partial charge in [-0.05, 0) is 50.7 Å². The summed E-state index contributed by atoms with van der Waals surface area (Å²) in [5.74, 6) is -0.438. The second kappa shape index (κ2) is 5.70. The van der Waals surface area contributed by atoms with Crippen molar-refractivity contribution >= 4 is 11.4 Å². The minimum Gasteiger partial charge on any atom is -0.398 e. The maximum absolute atomic E-state index is 13.1. The van der Waals surface area contributed by atoms with Gasteiger partial charge in [0, 0.05) is 5.69 Å². The molecule has 0 atom stereocenters. The summed E-state index contributed by atoms with van der Waals surface area (Å²) in [6, 6.07) is 2.94. The highest BCUT2D eigenvalue weighted by Crippen LogP contribution is 2.20. The number of nitrogen functional groups attached to an aromatic ring is 2. The van der Waals surface area contributed by atoms with E-state index in [-0.39, 0.29) is 5.69 Å². The molecule has 0 aliphatic rings. The lowest BCUT2D eigenvalue weighted by atomic mass is 10.1. The standard InChI is InChI=1S/C12H20FN3/c1-3-16(2)6-4-5-9-7-12(15)10(13)8-11(9)14/h7-8H,3-6,14-15H2,1-2H3. The molecule has 0 aliphatic carbocycles. The molecule has 4 N–H and O–H groups in total. The first-order valence-corrected chi connectivity index (χ1v) is 5.56. The highest BCUT2D eigenvalue weighted by atomic mass is 19.1. The summed E-state index contributed by atoms with van der Waals surface area (Å²) in [4.78, 5) is 2.23. The third kappa shape index (κ3) is 3.38. The van der Waals surface area contributed by atoms with E-state index < -0.39 is 5.82 Å². The van der Waals surface area contributed by atoms with E-state index in [2.05, 4.69) is 18.9 Å². The molecule has 0 aromatic heterocycles. The normalized spacial score (nSPS) is 11.0. The average Bonchev–Trinajstić information content (AvgIpc) is 2.25. The molecule has 0 saturated heterocycles. The summed E-state index contributed by atoms with van der Waals surface area (Å²) in [6.45, 7) is 4.15. The van der Waals surface area contributed by atoms with Crippen LogP contribution in [0.4, 0.5) is 15.8 Å². The molecule has 0 saturated carbocycles. The number of aryl methyl sites for hydroxylation is 1. The van der Waals surface area contributed by atoms with E-state index in [9.17, 15) is 4.39 Å². The highest BCUT2D eigenvalue weighted by Gasteiger charge is 2.05. The van der Waals surface area contributed by atoms with E-state index in [4.69, 9.17) is 11.5 Å². The van der Waals surface area contributed by atoms with Gasteiger partial charge in [-0.15, -0.1) is 0 Å². The van der Waals surface area contributed by atoms with Crippen molar-refractivity contribution in [1.29, 1.82) is 0 Å². The van der Waals surface area contributed by atoms with Crippen molar-refractivity contribution in [1.82, 2.24) is 4.90 Å². The number of hydrogen-bond acceptors (Lipinski definition) is 3. The molecule has 0 aliphatic heterocycles. The summed E-state index contributed by atoms with van der Waals surface area (Å²) in [7, 11) is 2.07. The summed E-state index contributed by atoms with van der Waals surface area (Å²) < 4.78 is 13.1. The van der Waals surface area contributed by atoms with Crippen LogP contribution in [0.15, 0.2) is 12.1 Å². The topological polar surface area (TPSA) is 55.3 Å². The van der Waals surface area contributed by atoms with Gasteiger partial charge < -0.3 is 16.4 Å². The quantitative estimate of drug-likeness (QED) is 0.752. The van der Waals surface area contributed by atoms with Crippen LogP contribution in [0.1, 0.15) is 18.9 Å². The Kier molecular flexibility index (Phi) is 4.55. The van der Waals surface area contributed by atoms with Gasteiger partial charge in [0.15, 0.2) is 0 Å². The highest BCUT2D eigenvalue weighted by molar-refractivity contribution is 5.56. The molecular weight excluding hydrogens is 205 g/mol. The Balaban J connectivity index is 2.57. The Bertz CT molecular complexity index is 352. The predicted molar refractivity (Wildman–Crippen MR) is 66.7 cm³/mol. The largest absolute Gasteiger partial charge is 0.398 e. The van der Waals surface area contributed by atoms with Crippen molar-refractivity contribution in [3.05, 3.63) is 23.5 Å². The lowest BCUT2D eigenvalue weighted by molar-refractivity contribution is 0.347. The lowest BCUT2D eigenvalue weighted by Crippen LogP contribution is -2.19. The van der Waals surface area contributed by atoms with Gasteiger partial charge in [-0.25, -0.2) is 4.39 Å². The smallest absolute Gasteiger partial charge is 0.148 e. The second-order valence-electron chi connectivity index (χ2n) is 4.07. The summed E-state index contributed by atoms with van der Waals surface area (Å²) in [5, 5.41) is 0. The Morgan fingerprint density at radius 2 is 1.94 bits per heavy atom. The van der Waals surface area contributed by atoms with Gasteiger partial charge in [-0.1, -0.05) is 6.92 Å². The Morgan fingerprint density at radius 1 is 1.25 bits per heavy atom. The fourth-order valence-electron chi connectivity index (χ4n) is 1.57. The number of rotatable bonds is 5. The molecule has 0 fully saturated rings. The van der Waals surface area contributed by atoms with Crippen LogP contribution in [0.2, 0.25) is 0 Å². The van der Waals surface area contributed by atoms with E-state index in [1.807, 2.05) is 0 Å². The molecule has 90 valence electrons. The van der Waals surface area contributed by atoms with E-state index in [0.29, 0.717) is 5.69 Å². The minimum atomic E-state index is -0.438. The van der Waals surface area contributed by atoms with Crippen LogP contribution in [0.5, 0.6) is 0 Å². The number of anilines is 2. The van der Waals surface area contributed by atoms with E-state index in [1.54, 1.807) is 6.07 Å².